The summed E-state index contributed by atoms with van der Waals surface area (Å²) >= 11 is 7.89. The third kappa shape index (κ3) is 1.82. The van der Waals surface area contributed by atoms with Crippen LogP contribution in [0.5, 0.6) is 0 Å². The first-order valence-electron chi connectivity index (χ1n) is 5.91. The Morgan fingerprint density at radius 2 is 1.94 bits per heavy atom. The standard InChI is InChI=1S/C15H12ClNS/c1-2-14-11-6-4-3-5-10(11)12(9-17-14)15-13(16)7-8-18-15/h3-9H,2H2,1H3. The quantitative estimate of drug-likeness (QED) is 0.627. The van der Waals surface area contributed by atoms with Gasteiger partial charge in [0.25, 0.3) is 0 Å². The van der Waals surface area contributed by atoms with Crippen molar-refractivity contribution in [3.05, 3.63) is 52.6 Å². The van der Waals surface area contributed by atoms with Crippen LogP contribution < -0.4 is 0 Å². The van der Waals surface area contributed by atoms with Gasteiger partial charge in [0.1, 0.15) is 0 Å². The summed E-state index contributed by atoms with van der Waals surface area (Å²) in [5, 5.41) is 5.27. The van der Waals surface area contributed by atoms with Gasteiger partial charge in [-0.2, -0.15) is 0 Å². The number of hydrogen-bond acceptors (Lipinski definition) is 2. The Balaban J connectivity index is 2.35. The summed E-state index contributed by atoms with van der Waals surface area (Å²) in [7, 11) is 0. The number of halogens is 1. The van der Waals surface area contributed by atoms with E-state index in [-0.39, 0.29) is 0 Å². The Morgan fingerprint density at radius 3 is 2.61 bits per heavy atom. The molecule has 18 heavy (non-hydrogen) atoms. The predicted octanol–water partition coefficient (Wildman–Crippen LogP) is 5.18. The molecule has 0 aliphatic rings. The number of nitrogens with zero attached hydrogens (tertiary/aromatic N) is 1. The van der Waals surface area contributed by atoms with Crippen LogP contribution in [0.25, 0.3) is 21.2 Å². The first-order chi connectivity index (χ1) is 8.81. The number of fused-ring (bicyclic) bond motifs is 1. The Bertz CT molecular complexity index is 703. The van der Waals surface area contributed by atoms with Gasteiger partial charge in [0.15, 0.2) is 0 Å². The van der Waals surface area contributed by atoms with Crippen LogP contribution in [-0.2, 0) is 6.42 Å². The zero-order chi connectivity index (χ0) is 12.5. The number of aromatic nitrogens is 1. The Labute approximate surface area is 115 Å². The Hall–Kier alpha value is -1.38. The summed E-state index contributed by atoms with van der Waals surface area (Å²) in [4.78, 5) is 5.67. The summed E-state index contributed by atoms with van der Waals surface area (Å²) in [6, 6.07) is 10.3. The van der Waals surface area contributed by atoms with Gasteiger partial charge < -0.3 is 0 Å². The summed E-state index contributed by atoms with van der Waals surface area (Å²) in [5.41, 5.74) is 2.27. The first kappa shape index (κ1) is 11.7. The molecule has 0 amide bonds. The molecule has 90 valence electrons. The number of hydrogen-bond donors (Lipinski definition) is 0. The number of rotatable bonds is 2. The lowest BCUT2D eigenvalue weighted by atomic mass is 10.0. The van der Waals surface area contributed by atoms with Crippen molar-refractivity contribution < 1.29 is 0 Å². The van der Waals surface area contributed by atoms with E-state index < -0.39 is 0 Å². The van der Waals surface area contributed by atoms with Crippen molar-refractivity contribution in [2.24, 2.45) is 0 Å². The summed E-state index contributed by atoms with van der Waals surface area (Å²) in [5.74, 6) is 0. The van der Waals surface area contributed by atoms with E-state index in [0.29, 0.717) is 0 Å². The maximum Gasteiger partial charge on any atom is 0.0593 e. The molecule has 0 unspecified atom stereocenters. The van der Waals surface area contributed by atoms with Gasteiger partial charge in [-0.05, 0) is 23.3 Å². The molecule has 0 bridgehead atoms. The monoisotopic (exact) mass is 273 g/mol. The van der Waals surface area contributed by atoms with E-state index in [9.17, 15) is 0 Å². The zero-order valence-corrected chi connectivity index (χ0v) is 11.6. The molecule has 3 aromatic rings. The molecule has 1 aromatic carbocycles. The normalized spacial score (nSPS) is 11.0. The van der Waals surface area contributed by atoms with Crippen molar-refractivity contribution in [1.82, 2.24) is 4.98 Å². The first-order valence-corrected chi connectivity index (χ1v) is 7.17. The fourth-order valence-electron chi connectivity index (χ4n) is 2.20. The van der Waals surface area contributed by atoms with Crippen LogP contribution in [-0.4, -0.2) is 4.98 Å². The second kappa shape index (κ2) is 4.71. The lowest BCUT2D eigenvalue weighted by Crippen LogP contribution is -1.91. The Kier molecular flexibility index (Phi) is 3.06. The lowest BCUT2D eigenvalue weighted by Gasteiger charge is -2.08. The number of benzene rings is 1. The highest BCUT2D eigenvalue weighted by molar-refractivity contribution is 7.14. The van der Waals surface area contributed by atoms with Crippen LogP contribution >= 0.6 is 22.9 Å². The van der Waals surface area contributed by atoms with Gasteiger partial charge in [0, 0.05) is 22.8 Å². The van der Waals surface area contributed by atoms with Crippen LogP contribution in [0.4, 0.5) is 0 Å². The summed E-state index contributed by atoms with van der Waals surface area (Å²) in [6.07, 6.45) is 2.89. The van der Waals surface area contributed by atoms with Crippen molar-refractivity contribution in [3.8, 4) is 10.4 Å². The molecule has 2 aromatic heterocycles. The van der Waals surface area contributed by atoms with Crippen LogP contribution in [0.15, 0.2) is 41.9 Å². The molecule has 0 saturated heterocycles. The molecule has 0 aliphatic heterocycles. The van der Waals surface area contributed by atoms with E-state index >= 15 is 0 Å². The second-order valence-electron chi connectivity index (χ2n) is 4.12. The minimum atomic E-state index is 0.802. The molecule has 2 heterocycles. The number of aryl methyl sites for hydroxylation is 1. The molecule has 1 nitrogen and oxygen atoms in total. The van der Waals surface area contributed by atoms with Gasteiger partial charge in [-0.3, -0.25) is 4.98 Å². The van der Waals surface area contributed by atoms with Crippen LogP contribution in [0.1, 0.15) is 12.6 Å². The van der Waals surface area contributed by atoms with E-state index in [1.807, 2.05) is 17.6 Å². The van der Waals surface area contributed by atoms with Gasteiger partial charge in [-0.15, -0.1) is 11.3 Å². The highest BCUT2D eigenvalue weighted by Crippen LogP contribution is 2.37. The molecule has 0 radical (unpaired) electrons. The highest BCUT2D eigenvalue weighted by atomic mass is 35.5. The van der Waals surface area contributed by atoms with E-state index in [4.69, 9.17) is 11.6 Å². The van der Waals surface area contributed by atoms with Gasteiger partial charge in [-0.25, -0.2) is 0 Å². The smallest absolute Gasteiger partial charge is 0.0593 e. The van der Waals surface area contributed by atoms with Crippen molar-refractivity contribution in [2.45, 2.75) is 13.3 Å². The molecule has 0 saturated carbocycles. The Morgan fingerprint density at radius 1 is 1.17 bits per heavy atom. The van der Waals surface area contributed by atoms with E-state index in [0.717, 1.165) is 27.6 Å². The molecular formula is C15H12ClNS. The summed E-state index contributed by atoms with van der Waals surface area (Å²) in [6.45, 7) is 2.13. The fraction of sp³-hybridized carbons (Fsp3) is 0.133. The number of pyridine rings is 1. The van der Waals surface area contributed by atoms with E-state index in [1.165, 1.54) is 10.8 Å². The molecule has 0 fully saturated rings. The molecule has 3 rings (SSSR count). The second-order valence-corrected chi connectivity index (χ2v) is 5.44. The average Bonchev–Trinajstić information content (AvgIpc) is 2.83. The zero-order valence-electron chi connectivity index (χ0n) is 9.98. The van der Waals surface area contributed by atoms with Gasteiger partial charge in [0.2, 0.25) is 0 Å². The molecule has 0 spiro atoms. The minimum Gasteiger partial charge on any atom is -0.260 e. The SMILES string of the molecule is CCc1ncc(-c2sccc2Cl)c2ccccc12. The topological polar surface area (TPSA) is 12.9 Å². The highest BCUT2D eigenvalue weighted by Gasteiger charge is 2.11. The van der Waals surface area contributed by atoms with Crippen LogP contribution in [0, 0.1) is 0 Å². The summed E-state index contributed by atoms with van der Waals surface area (Å²) < 4.78 is 0. The van der Waals surface area contributed by atoms with Gasteiger partial charge in [0.05, 0.1) is 9.90 Å². The van der Waals surface area contributed by atoms with Crippen LogP contribution in [0.3, 0.4) is 0 Å². The van der Waals surface area contributed by atoms with E-state index in [1.54, 1.807) is 11.3 Å². The molecule has 0 atom stereocenters. The van der Waals surface area contributed by atoms with Crippen molar-refractivity contribution in [2.75, 3.05) is 0 Å². The number of thiophene rings is 1. The van der Waals surface area contributed by atoms with Gasteiger partial charge in [-0.1, -0.05) is 42.8 Å². The fourth-order valence-corrected chi connectivity index (χ4v) is 3.38. The molecule has 0 N–H and O–H groups in total. The van der Waals surface area contributed by atoms with Crippen molar-refractivity contribution >= 4 is 33.7 Å². The van der Waals surface area contributed by atoms with Gasteiger partial charge >= 0.3 is 0 Å². The predicted molar refractivity (Wildman–Crippen MR) is 79.4 cm³/mol. The molecule has 0 aliphatic carbocycles. The molecule has 3 heteroatoms. The van der Waals surface area contributed by atoms with Crippen molar-refractivity contribution in [1.29, 1.82) is 0 Å². The van der Waals surface area contributed by atoms with E-state index in [2.05, 4.69) is 36.2 Å². The maximum absolute atomic E-state index is 6.23. The van der Waals surface area contributed by atoms with Crippen LogP contribution in [0.2, 0.25) is 5.02 Å². The lowest BCUT2D eigenvalue weighted by molar-refractivity contribution is 1.06. The largest absolute Gasteiger partial charge is 0.260 e. The minimum absolute atomic E-state index is 0.802. The maximum atomic E-state index is 6.23. The molecular weight excluding hydrogens is 262 g/mol. The third-order valence-corrected chi connectivity index (χ3v) is 4.45. The van der Waals surface area contributed by atoms with Crippen molar-refractivity contribution in [3.63, 3.8) is 0 Å². The third-order valence-electron chi connectivity index (χ3n) is 3.07. The average molecular weight is 274 g/mol.